The van der Waals surface area contributed by atoms with Crippen molar-refractivity contribution >= 4 is 25.0 Å². The highest BCUT2D eigenvalue weighted by Crippen LogP contribution is 2.27. The molecule has 0 bridgehead atoms. The molecule has 1 aromatic rings. The Bertz CT molecular complexity index is 204. The zero-order valence-electron chi connectivity index (χ0n) is 4.87. The molecule has 1 aromatic heterocycles. The predicted octanol–water partition coefficient (Wildman–Crippen LogP) is 1.94. The van der Waals surface area contributed by atoms with Crippen LogP contribution in [-0.4, -0.2) is 13.4 Å². The average Bonchev–Trinajstić information content (AvgIpc) is 2.33. The first kappa shape index (κ1) is 5.75. The number of rotatable bonds is 2. The third-order valence-electron chi connectivity index (χ3n) is 0.939. The Morgan fingerprint density at radius 3 is 2.56 bits per heavy atom. The number of nitrogens with zero attached hydrogens (tertiary/aromatic N) is 2. The monoisotopic (exact) mass is 122 g/mol. The lowest BCUT2D eigenvalue weighted by atomic mass is 10.5. The molecule has 0 aromatic carbocycles. The van der Waals surface area contributed by atoms with Crippen LogP contribution in [0.3, 0.4) is 0 Å². The first-order chi connectivity index (χ1) is 4.38. The molecule has 1 rings (SSSR count). The van der Waals surface area contributed by atoms with Gasteiger partial charge in [-0.2, -0.15) is 0 Å². The van der Waals surface area contributed by atoms with Crippen LogP contribution in [0.25, 0.3) is 0 Å². The van der Waals surface area contributed by atoms with Gasteiger partial charge in [0.1, 0.15) is 5.69 Å². The van der Waals surface area contributed by atoms with Gasteiger partial charge in [-0.3, -0.25) is 4.99 Å². The smallest absolute Gasteiger partial charge is 0.244 e. The van der Waals surface area contributed by atoms with Gasteiger partial charge < -0.3 is 4.42 Å². The molecule has 0 N–H and O–H groups in total. The Labute approximate surface area is 52.7 Å². The van der Waals surface area contributed by atoms with E-state index in [2.05, 4.69) is 23.4 Å². The third kappa shape index (κ3) is 0.887. The lowest BCUT2D eigenvalue weighted by molar-refractivity contribution is 0.579. The van der Waals surface area contributed by atoms with Gasteiger partial charge in [-0.1, -0.05) is 0 Å². The Hall–Kier alpha value is -1.38. The van der Waals surface area contributed by atoms with Gasteiger partial charge in [0.25, 0.3) is 0 Å². The Morgan fingerprint density at radius 2 is 2.11 bits per heavy atom. The summed E-state index contributed by atoms with van der Waals surface area (Å²) in [4.78, 5) is 7.17. The van der Waals surface area contributed by atoms with Crippen LogP contribution in [0.5, 0.6) is 0 Å². The van der Waals surface area contributed by atoms with E-state index in [0.29, 0.717) is 11.6 Å². The van der Waals surface area contributed by atoms with Crippen molar-refractivity contribution < 1.29 is 4.42 Å². The van der Waals surface area contributed by atoms with Crippen molar-refractivity contribution in [3.05, 3.63) is 12.3 Å². The molecule has 0 unspecified atom stereocenters. The van der Waals surface area contributed by atoms with Crippen LogP contribution < -0.4 is 0 Å². The van der Waals surface area contributed by atoms with E-state index in [9.17, 15) is 0 Å². The van der Waals surface area contributed by atoms with Gasteiger partial charge in [0.2, 0.25) is 5.88 Å². The minimum Gasteiger partial charge on any atom is -0.445 e. The topological polar surface area (TPSA) is 37.9 Å². The van der Waals surface area contributed by atoms with Crippen LogP contribution in [0.15, 0.2) is 26.7 Å². The maximum atomic E-state index is 4.84. The molecule has 0 radical (unpaired) electrons. The molecule has 3 nitrogen and oxygen atoms in total. The molecular weight excluding hydrogens is 116 g/mol. The van der Waals surface area contributed by atoms with Crippen molar-refractivity contribution in [2.24, 2.45) is 9.98 Å². The summed E-state index contributed by atoms with van der Waals surface area (Å²) in [6.45, 7) is 6.59. The van der Waals surface area contributed by atoms with Crippen molar-refractivity contribution in [1.82, 2.24) is 0 Å². The largest absolute Gasteiger partial charge is 0.445 e. The fraction of sp³-hybridized carbons (Fsp3) is 0. The van der Waals surface area contributed by atoms with Gasteiger partial charge in [0.15, 0.2) is 0 Å². The highest BCUT2D eigenvalue weighted by atomic mass is 16.3. The highest BCUT2D eigenvalue weighted by Gasteiger charge is 1.97. The zero-order valence-corrected chi connectivity index (χ0v) is 4.87. The Balaban J connectivity index is 3.12. The SMILES string of the molecule is C=Nc1ccoc1N=C. The van der Waals surface area contributed by atoms with Gasteiger partial charge in [0, 0.05) is 6.07 Å². The number of aliphatic imine (C=N–C) groups is 2. The lowest BCUT2D eigenvalue weighted by Crippen LogP contribution is -1.52. The van der Waals surface area contributed by atoms with Gasteiger partial charge in [-0.15, -0.1) is 0 Å². The van der Waals surface area contributed by atoms with E-state index in [1.54, 1.807) is 6.07 Å². The van der Waals surface area contributed by atoms with E-state index >= 15 is 0 Å². The fourth-order valence-electron chi connectivity index (χ4n) is 0.533. The maximum absolute atomic E-state index is 4.84. The van der Waals surface area contributed by atoms with Crippen molar-refractivity contribution in [3.63, 3.8) is 0 Å². The van der Waals surface area contributed by atoms with Crippen LogP contribution in [0.4, 0.5) is 11.6 Å². The minimum absolute atomic E-state index is 0.421. The molecule has 46 valence electrons. The van der Waals surface area contributed by atoms with Crippen LogP contribution in [-0.2, 0) is 0 Å². The lowest BCUT2D eigenvalue weighted by Gasteiger charge is -1.83. The molecule has 0 aliphatic rings. The summed E-state index contributed by atoms with van der Waals surface area (Å²) in [6.07, 6.45) is 1.49. The fourth-order valence-corrected chi connectivity index (χ4v) is 0.533. The Morgan fingerprint density at radius 1 is 1.33 bits per heavy atom. The summed E-state index contributed by atoms with van der Waals surface area (Å²) in [5.74, 6) is 0.421. The van der Waals surface area contributed by atoms with E-state index in [0.717, 1.165) is 0 Å². The van der Waals surface area contributed by atoms with Crippen LogP contribution >= 0.6 is 0 Å². The van der Waals surface area contributed by atoms with Crippen molar-refractivity contribution in [3.8, 4) is 0 Å². The molecule has 0 aliphatic heterocycles. The Kier molecular flexibility index (Phi) is 1.44. The molecule has 3 heteroatoms. The normalized spacial score (nSPS) is 8.89. The van der Waals surface area contributed by atoms with E-state index < -0.39 is 0 Å². The van der Waals surface area contributed by atoms with Crippen LogP contribution in [0.1, 0.15) is 0 Å². The first-order valence-corrected chi connectivity index (χ1v) is 2.39. The van der Waals surface area contributed by atoms with Crippen molar-refractivity contribution in [1.29, 1.82) is 0 Å². The first-order valence-electron chi connectivity index (χ1n) is 2.39. The second-order valence-electron chi connectivity index (χ2n) is 1.43. The highest BCUT2D eigenvalue weighted by molar-refractivity contribution is 5.60. The molecule has 0 saturated heterocycles. The summed E-state index contributed by atoms with van der Waals surface area (Å²) < 4.78 is 4.84. The molecular formula is C6H6N2O. The van der Waals surface area contributed by atoms with Gasteiger partial charge >= 0.3 is 0 Å². The van der Waals surface area contributed by atoms with Crippen LogP contribution in [0, 0.1) is 0 Å². The summed E-state index contributed by atoms with van der Waals surface area (Å²) in [5, 5.41) is 0. The van der Waals surface area contributed by atoms with Gasteiger partial charge in [-0.05, 0) is 13.4 Å². The summed E-state index contributed by atoms with van der Waals surface area (Å²) in [5.41, 5.74) is 0.630. The third-order valence-corrected chi connectivity index (χ3v) is 0.939. The molecule has 0 amide bonds. The summed E-state index contributed by atoms with van der Waals surface area (Å²) >= 11 is 0. The van der Waals surface area contributed by atoms with Crippen molar-refractivity contribution in [2.45, 2.75) is 0 Å². The number of hydrogen-bond donors (Lipinski definition) is 0. The molecule has 1 heterocycles. The van der Waals surface area contributed by atoms with Gasteiger partial charge in [0.05, 0.1) is 6.26 Å². The summed E-state index contributed by atoms with van der Waals surface area (Å²) in [6, 6.07) is 1.68. The summed E-state index contributed by atoms with van der Waals surface area (Å²) in [7, 11) is 0. The second kappa shape index (κ2) is 2.26. The second-order valence-corrected chi connectivity index (χ2v) is 1.43. The van der Waals surface area contributed by atoms with E-state index in [1.807, 2.05) is 0 Å². The molecule has 0 saturated carbocycles. The van der Waals surface area contributed by atoms with E-state index in [4.69, 9.17) is 4.42 Å². The molecule has 0 spiro atoms. The number of furan rings is 1. The number of hydrogen-bond acceptors (Lipinski definition) is 3. The van der Waals surface area contributed by atoms with Gasteiger partial charge in [-0.25, -0.2) is 4.99 Å². The minimum atomic E-state index is 0.421. The molecule has 0 atom stereocenters. The van der Waals surface area contributed by atoms with Crippen molar-refractivity contribution in [2.75, 3.05) is 0 Å². The zero-order chi connectivity index (χ0) is 6.69. The molecule has 0 fully saturated rings. The van der Waals surface area contributed by atoms with E-state index in [1.165, 1.54) is 6.26 Å². The van der Waals surface area contributed by atoms with Crippen LogP contribution in [0.2, 0.25) is 0 Å². The standard InChI is InChI=1S/C6H6N2O/c1-7-5-3-4-9-6(5)8-2/h3-4H,1-2H2. The molecule has 9 heavy (non-hydrogen) atoms. The average molecular weight is 122 g/mol. The van der Waals surface area contributed by atoms with E-state index in [-0.39, 0.29) is 0 Å². The predicted molar refractivity (Wildman–Crippen MR) is 37.1 cm³/mol. The maximum Gasteiger partial charge on any atom is 0.244 e. The quantitative estimate of drug-likeness (QED) is 0.552. The molecule has 0 aliphatic carbocycles.